The topological polar surface area (TPSA) is 60.9 Å². The Kier molecular flexibility index (Phi) is 6.12. The van der Waals surface area contributed by atoms with Crippen molar-refractivity contribution in [3.63, 3.8) is 0 Å². The molecule has 1 rings (SSSR count). The van der Waals surface area contributed by atoms with Crippen molar-refractivity contribution in [1.29, 1.82) is 0 Å². The van der Waals surface area contributed by atoms with E-state index in [4.69, 9.17) is 5.11 Å². The first kappa shape index (κ1) is 15.0. The van der Waals surface area contributed by atoms with E-state index >= 15 is 0 Å². The number of hydrogen-bond donors (Lipinski definition) is 1. The predicted octanol–water partition coefficient (Wildman–Crippen LogP) is 1.18. The summed E-state index contributed by atoms with van der Waals surface area (Å²) in [5.74, 6) is -0.615. The smallest absolute Gasteiger partial charge is 0.303 e. The lowest BCUT2D eigenvalue weighted by Gasteiger charge is -2.28. The number of carboxylic acid groups (broad SMARTS) is 1. The van der Waals surface area contributed by atoms with E-state index in [0.29, 0.717) is 19.3 Å². The molecule has 1 aliphatic rings. The molecule has 1 heterocycles. The van der Waals surface area contributed by atoms with Gasteiger partial charge in [0.05, 0.1) is 0 Å². The van der Waals surface area contributed by atoms with Crippen molar-refractivity contribution in [3.05, 3.63) is 0 Å². The number of nitrogens with zero attached hydrogens (tertiary/aromatic N) is 2. The van der Waals surface area contributed by atoms with Crippen LogP contribution in [0.4, 0.5) is 0 Å². The summed E-state index contributed by atoms with van der Waals surface area (Å²) in [7, 11) is 2.08. The molecule has 5 nitrogen and oxygen atoms in total. The summed E-state index contributed by atoms with van der Waals surface area (Å²) in [5.41, 5.74) is 0. The maximum atomic E-state index is 12.1. The summed E-state index contributed by atoms with van der Waals surface area (Å²) in [5, 5.41) is 8.53. The molecule has 0 bridgehead atoms. The molecule has 1 amide bonds. The minimum absolute atomic E-state index is 0.158. The molecule has 0 radical (unpaired) electrons. The molecule has 5 heteroatoms. The molecule has 0 spiro atoms. The summed E-state index contributed by atoms with van der Waals surface area (Å²) in [6.45, 7) is 4.86. The monoisotopic (exact) mass is 256 g/mol. The first-order chi connectivity index (χ1) is 8.50. The van der Waals surface area contributed by atoms with Crippen molar-refractivity contribution < 1.29 is 14.7 Å². The third-order valence-corrected chi connectivity index (χ3v) is 3.40. The first-order valence-electron chi connectivity index (χ1n) is 6.70. The van der Waals surface area contributed by atoms with Crippen LogP contribution in [0.5, 0.6) is 0 Å². The van der Waals surface area contributed by atoms with Gasteiger partial charge in [-0.3, -0.25) is 9.59 Å². The van der Waals surface area contributed by atoms with E-state index < -0.39 is 5.97 Å². The maximum absolute atomic E-state index is 12.1. The molecule has 0 aromatic carbocycles. The Morgan fingerprint density at radius 2 is 1.89 bits per heavy atom. The highest BCUT2D eigenvalue weighted by Crippen LogP contribution is 2.12. The highest BCUT2D eigenvalue weighted by molar-refractivity contribution is 5.76. The molecular formula is C13H24N2O3. The number of carboxylic acids is 1. The number of aliphatic carboxylic acids is 1. The van der Waals surface area contributed by atoms with Gasteiger partial charge in [0.15, 0.2) is 0 Å². The number of carbonyl (C=O) groups is 2. The Morgan fingerprint density at radius 1 is 1.22 bits per heavy atom. The third kappa shape index (κ3) is 5.04. The van der Waals surface area contributed by atoms with Gasteiger partial charge < -0.3 is 14.9 Å². The van der Waals surface area contributed by atoms with E-state index in [-0.39, 0.29) is 18.4 Å². The van der Waals surface area contributed by atoms with Gasteiger partial charge in [-0.1, -0.05) is 0 Å². The molecule has 1 unspecified atom stereocenters. The lowest BCUT2D eigenvalue weighted by Crippen LogP contribution is -2.41. The Hall–Kier alpha value is -1.10. The molecule has 1 atom stereocenters. The van der Waals surface area contributed by atoms with Gasteiger partial charge in [0.2, 0.25) is 5.91 Å². The largest absolute Gasteiger partial charge is 0.481 e. The van der Waals surface area contributed by atoms with E-state index in [9.17, 15) is 9.59 Å². The molecule has 1 fully saturated rings. The average Bonchev–Trinajstić information content (AvgIpc) is 2.45. The van der Waals surface area contributed by atoms with Crippen molar-refractivity contribution in [2.45, 2.75) is 45.1 Å². The van der Waals surface area contributed by atoms with E-state index in [1.54, 1.807) is 0 Å². The number of rotatable bonds is 5. The third-order valence-electron chi connectivity index (χ3n) is 3.40. The predicted molar refractivity (Wildman–Crippen MR) is 69.4 cm³/mol. The van der Waals surface area contributed by atoms with Crippen molar-refractivity contribution in [1.82, 2.24) is 9.80 Å². The van der Waals surface area contributed by atoms with Crippen LogP contribution in [0.25, 0.3) is 0 Å². The van der Waals surface area contributed by atoms with E-state index in [1.807, 2.05) is 4.90 Å². The zero-order chi connectivity index (χ0) is 13.5. The fourth-order valence-electron chi connectivity index (χ4n) is 2.44. The molecule has 1 aliphatic heterocycles. The Balaban J connectivity index is 2.33. The zero-order valence-corrected chi connectivity index (χ0v) is 11.4. The first-order valence-corrected chi connectivity index (χ1v) is 6.70. The van der Waals surface area contributed by atoms with Gasteiger partial charge in [0.1, 0.15) is 0 Å². The minimum atomic E-state index is -0.785. The van der Waals surface area contributed by atoms with Crippen LogP contribution in [0.15, 0.2) is 0 Å². The van der Waals surface area contributed by atoms with Crippen LogP contribution in [0.3, 0.4) is 0 Å². The molecule has 104 valence electrons. The Labute approximate surface area is 109 Å². The van der Waals surface area contributed by atoms with Crippen LogP contribution >= 0.6 is 0 Å². The van der Waals surface area contributed by atoms with Gasteiger partial charge in [-0.15, -0.1) is 0 Å². The van der Waals surface area contributed by atoms with Crippen LogP contribution < -0.4 is 0 Å². The molecule has 0 aliphatic carbocycles. The number of unbranched alkanes of at least 4 members (excludes halogenated alkanes) is 1. The molecule has 0 saturated carbocycles. The van der Waals surface area contributed by atoms with Gasteiger partial charge >= 0.3 is 5.97 Å². The fraction of sp³-hybridized carbons (Fsp3) is 0.846. The normalized spacial score (nSPS) is 21.7. The SMILES string of the molecule is CC1CN(C)CCCN1C(=O)CCCCC(=O)O. The molecule has 1 saturated heterocycles. The van der Waals surface area contributed by atoms with Crippen LogP contribution in [0.1, 0.15) is 39.0 Å². The minimum Gasteiger partial charge on any atom is -0.481 e. The summed E-state index contributed by atoms with van der Waals surface area (Å²) in [4.78, 5) is 26.7. The highest BCUT2D eigenvalue weighted by atomic mass is 16.4. The van der Waals surface area contributed by atoms with Crippen molar-refractivity contribution in [3.8, 4) is 0 Å². The van der Waals surface area contributed by atoms with Crippen LogP contribution in [-0.4, -0.2) is 59.5 Å². The molecule has 0 aromatic heterocycles. The van der Waals surface area contributed by atoms with Gasteiger partial charge in [0, 0.05) is 32.0 Å². The number of hydrogen-bond acceptors (Lipinski definition) is 3. The molecular weight excluding hydrogens is 232 g/mol. The zero-order valence-electron chi connectivity index (χ0n) is 11.4. The van der Waals surface area contributed by atoms with Gasteiger partial charge in [0.25, 0.3) is 0 Å². The number of likely N-dealkylation sites (N-methyl/N-ethyl adjacent to an activating group) is 1. The van der Waals surface area contributed by atoms with Crippen molar-refractivity contribution in [2.24, 2.45) is 0 Å². The van der Waals surface area contributed by atoms with Gasteiger partial charge in [-0.25, -0.2) is 0 Å². The summed E-state index contributed by atoms with van der Waals surface area (Å²) in [6.07, 6.45) is 2.90. The van der Waals surface area contributed by atoms with E-state index in [0.717, 1.165) is 26.1 Å². The van der Waals surface area contributed by atoms with E-state index in [2.05, 4.69) is 18.9 Å². The average molecular weight is 256 g/mol. The second-order valence-electron chi connectivity index (χ2n) is 5.15. The maximum Gasteiger partial charge on any atom is 0.303 e. The lowest BCUT2D eigenvalue weighted by molar-refractivity contribution is -0.138. The second-order valence-corrected chi connectivity index (χ2v) is 5.15. The fourth-order valence-corrected chi connectivity index (χ4v) is 2.44. The molecule has 18 heavy (non-hydrogen) atoms. The number of amides is 1. The van der Waals surface area contributed by atoms with Crippen LogP contribution in [-0.2, 0) is 9.59 Å². The summed E-state index contributed by atoms with van der Waals surface area (Å²) >= 11 is 0. The molecule has 1 N–H and O–H groups in total. The van der Waals surface area contributed by atoms with E-state index in [1.165, 1.54) is 0 Å². The quantitative estimate of drug-likeness (QED) is 0.750. The highest BCUT2D eigenvalue weighted by Gasteiger charge is 2.23. The lowest BCUT2D eigenvalue weighted by atomic mass is 10.1. The van der Waals surface area contributed by atoms with Crippen LogP contribution in [0, 0.1) is 0 Å². The van der Waals surface area contributed by atoms with Crippen molar-refractivity contribution >= 4 is 11.9 Å². The van der Waals surface area contributed by atoms with Gasteiger partial charge in [-0.2, -0.15) is 0 Å². The Morgan fingerprint density at radius 3 is 2.56 bits per heavy atom. The number of carbonyl (C=O) groups excluding carboxylic acids is 1. The standard InChI is InChI=1S/C13H24N2O3/c1-11-10-14(2)8-5-9-15(11)12(16)6-3-4-7-13(17)18/h11H,3-10H2,1-2H3,(H,17,18). The van der Waals surface area contributed by atoms with Gasteiger partial charge in [-0.05, 0) is 39.8 Å². The summed E-state index contributed by atoms with van der Waals surface area (Å²) in [6, 6.07) is 0.254. The summed E-state index contributed by atoms with van der Waals surface area (Å²) < 4.78 is 0. The second kappa shape index (κ2) is 7.36. The van der Waals surface area contributed by atoms with Crippen LogP contribution in [0.2, 0.25) is 0 Å². The molecule has 0 aromatic rings. The van der Waals surface area contributed by atoms with Crippen molar-refractivity contribution in [2.75, 3.05) is 26.7 Å². The Bertz CT molecular complexity index is 294.